The first-order chi connectivity index (χ1) is 14.1. The van der Waals surface area contributed by atoms with E-state index in [4.69, 9.17) is 4.74 Å². The minimum absolute atomic E-state index is 0.151. The Labute approximate surface area is 170 Å². The van der Waals surface area contributed by atoms with Crippen molar-refractivity contribution in [3.8, 4) is 5.82 Å². The molecule has 0 unspecified atom stereocenters. The lowest BCUT2D eigenvalue weighted by Gasteiger charge is -2.35. The van der Waals surface area contributed by atoms with Gasteiger partial charge >= 0.3 is 0 Å². The molecule has 1 saturated heterocycles. The van der Waals surface area contributed by atoms with Crippen LogP contribution in [0.25, 0.3) is 5.82 Å². The number of aromatic nitrogens is 3. The quantitative estimate of drug-likeness (QED) is 0.723. The van der Waals surface area contributed by atoms with Gasteiger partial charge in [0.15, 0.2) is 0 Å². The van der Waals surface area contributed by atoms with Crippen molar-refractivity contribution in [2.24, 2.45) is 0 Å². The molecule has 2 atom stereocenters. The molecule has 7 heteroatoms. The van der Waals surface area contributed by atoms with Gasteiger partial charge < -0.3 is 10.1 Å². The number of rotatable bonds is 5. The molecule has 1 aliphatic rings. The van der Waals surface area contributed by atoms with E-state index in [1.807, 2.05) is 42.6 Å². The number of nitrogens with zero attached hydrogens (tertiary/aromatic N) is 4. The molecule has 29 heavy (non-hydrogen) atoms. The molecule has 0 bridgehead atoms. The lowest BCUT2D eigenvalue weighted by Crippen LogP contribution is -2.44. The highest BCUT2D eigenvalue weighted by atomic mass is 16.5. The van der Waals surface area contributed by atoms with Gasteiger partial charge in [0.1, 0.15) is 12.1 Å². The Hall–Kier alpha value is -3.03. The first-order valence-electron chi connectivity index (χ1n) is 9.79. The van der Waals surface area contributed by atoms with Crippen LogP contribution in [0.2, 0.25) is 0 Å². The van der Waals surface area contributed by atoms with Gasteiger partial charge in [-0.15, -0.1) is 0 Å². The second kappa shape index (κ2) is 8.55. The number of hydrogen-bond donors (Lipinski definition) is 1. The van der Waals surface area contributed by atoms with Crippen molar-refractivity contribution in [3.63, 3.8) is 0 Å². The summed E-state index contributed by atoms with van der Waals surface area (Å²) in [5, 5.41) is 2.89. The zero-order chi connectivity index (χ0) is 20.2. The Morgan fingerprint density at radius 1 is 1.14 bits per heavy atom. The van der Waals surface area contributed by atoms with Gasteiger partial charge in [-0.05, 0) is 43.7 Å². The summed E-state index contributed by atoms with van der Waals surface area (Å²) in [6.45, 7) is 6.92. The number of morpholine rings is 1. The molecule has 0 radical (unpaired) electrons. The Morgan fingerprint density at radius 3 is 2.52 bits per heavy atom. The van der Waals surface area contributed by atoms with E-state index < -0.39 is 0 Å². The zero-order valence-corrected chi connectivity index (χ0v) is 16.7. The molecule has 150 valence electrons. The summed E-state index contributed by atoms with van der Waals surface area (Å²) in [6.07, 6.45) is 7.33. The summed E-state index contributed by atoms with van der Waals surface area (Å²) in [5.41, 5.74) is 2.46. The Kier molecular flexibility index (Phi) is 5.69. The Morgan fingerprint density at radius 2 is 1.90 bits per heavy atom. The highest BCUT2D eigenvalue weighted by Gasteiger charge is 2.22. The molecule has 3 heterocycles. The molecule has 0 saturated carbocycles. The lowest BCUT2D eigenvalue weighted by atomic mass is 10.1. The molecule has 1 fully saturated rings. The fourth-order valence-corrected chi connectivity index (χ4v) is 3.64. The topological polar surface area (TPSA) is 72.3 Å². The second-order valence-corrected chi connectivity index (χ2v) is 7.48. The predicted octanol–water partition coefficient (Wildman–Crippen LogP) is 3.13. The number of carbonyl (C=O) groups is 1. The number of anilines is 1. The summed E-state index contributed by atoms with van der Waals surface area (Å²) in [5.74, 6) is 0.596. The van der Waals surface area contributed by atoms with Crippen LogP contribution in [0.1, 0.15) is 29.8 Å². The van der Waals surface area contributed by atoms with Crippen molar-refractivity contribution in [1.29, 1.82) is 0 Å². The summed E-state index contributed by atoms with van der Waals surface area (Å²) in [7, 11) is 0. The van der Waals surface area contributed by atoms with Crippen LogP contribution in [0.5, 0.6) is 0 Å². The number of carbonyl (C=O) groups excluding carboxylic acids is 1. The van der Waals surface area contributed by atoms with E-state index in [9.17, 15) is 4.79 Å². The SMILES string of the molecule is C[C@@H]1CN(Cc2ccc(C(=O)Nc3ccc(-n4ccnc4)nc3)cc2)C[C@H](C)O1. The van der Waals surface area contributed by atoms with Crippen molar-refractivity contribution >= 4 is 11.6 Å². The second-order valence-electron chi connectivity index (χ2n) is 7.48. The first kappa shape index (κ1) is 19.3. The van der Waals surface area contributed by atoms with Gasteiger partial charge in [-0.1, -0.05) is 12.1 Å². The van der Waals surface area contributed by atoms with E-state index >= 15 is 0 Å². The summed E-state index contributed by atoms with van der Waals surface area (Å²) in [6, 6.07) is 11.4. The molecule has 0 spiro atoms. The maximum atomic E-state index is 12.5. The standard InChI is InChI=1S/C22H25N5O2/c1-16-12-26(13-17(2)29-16)14-18-3-5-19(6-4-18)22(28)25-20-7-8-21(24-11-20)27-10-9-23-15-27/h3-11,15-17H,12-14H2,1-2H3,(H,25,28)/t16-,17+. The molecular formula is C22H25N5O2. The fourth-order valence-electron chi connectivity index (χ4n) is 3.64. The van der Waals surface area contributed by atoms with Gasteiger partial charge in [0.05, 0.1) is 24.1 Å². The normalized spacial score (nSPS) is 19.8. The van der Waals surface area contributed by atoms with Crippen LogP contribution in [0.3, 0.4) is 0 Å². The van der Waals surface area contributed by atoms with Crippen LogP contribution in [-0.2, 0) is 11.3 Å². The van der Waals surface area contributed by atoms with Gasteiger partial charge in [-0.25, -0.2) is 9.97 Å². The molecule has 1 N–H and O–H groups in total. The Bertz CT molecular complexity index is 928. The molecule has 1 aliphatic heterocycles. The maximum absolute atomic E-state index is 12.5. The van der Waals surface area contributed by atoms with Gasteiger partial charge in [0.25, 0.3) is 5.91 Å². The van der Waals surface area contributed by atoms with Crippen molar-refractivity contribution in [2.45, 2.75) is 32.6 Å². The molecule has 1 aromatic carbocycles. The molecule has 0 aliphatic carbocycles. The number of amides is 1. The van der Waals surface area contributed by atoms with Crippen molar-refractivity contribution < 1.29 is 9.53 Å². The molecule has 1 amide bonds. The molecule has 2 aromatic heterocycles. The van der Waals surface area contributed by atoms with E-state index in [0.29, 0.717) is 11.3 Å². The van der Waals surface area contributed by atoms with Crippen LogP contribution >= 0.6 is 0 Å². The van der Waals surface area contributed by atoms with E-state index in [-0.39, 0.29) is 18.1 Å². The average molecular weight is 391 g/mol. The number of benzene rings is 1. The van der Waals surface area contributed by atoms with E-state index in [0.717, 1.165) is 25.5 Å². The molecule has 4 rings (SSSR count). The summed E-state index contributed by atoms with van der Waals surface area (Å²) in [4.78, 5) is 23.3. The average Bonchev–Trinajstić information content (AvgIpc) is 3.23. The highest BCUT2D eigenvalue weighted by molar-refractivity contribution is 6.04. The third-order valence-electron chi connectivity index (χ3n) is 4.89. The number of nitrogens with one attached hydrogen (secondary N) is 1. The van der Waals surface area contributed by atoms with E-state index in [2.05, 4.69) is 34.0 Å². The van der Waals surface area contributed by atoms with Crippen molar-refractivity contribution in [3.05, 3.63) is 72.4 Å². The predicted molar refractivity (Wildman–Crippen MR) is 111 cm³/mol. The smallest absolute Gasteiger partial charge is 0.255 e. The van der Waals surface area contributed by atoms with E-state index in [1.165, 1.54) is 5.56 Å². The van der Waals surface area contributed by atoms with Crippen molar-refractivity contribution in [1.82, 2.24) is 19.4 Å². The molecule has 3 aromatic rings. The van der Waals surface area contributed by atoms with Crippen LogP contribution < -0.4 is 5.32 Å². The van der Waals surface area contributed by atoms with Gasteiger partial charge in [-0.2, -0.15) is 0 Å². The van der Waals surface area contributed by atoms with Crippen LogP contribution in [0.15, 0.2) is 61.3 Å². The number of hydrogen-bond acceptors (Lipinski definition) is 5. The minimum Gasteiger partial charge on any atom is -0.373 e. The van der Waals surface area contributed by atoms with Gasteiger partial charge in [0.2, 0.25) is 0 Å². The number of ether oxygens (including phenoxy) is 1. The third-order valence-corrected chi connectivity index (χ3v) is 4.89. The summed E-state index contributed by atoms with van der Waals surface area (Å²) >= 11 is 0. The Balaban J connectivity index is 1.35. The molecule has 7 nitrogen and oxygen atoms in total. The third kappa shape index (κ3) is 4.88. The zero-order valence-electron chi connectivity index (χ0n) is 16.7. The van der Waals surface area contributed by atoms with Crippen molar-refractivity contribution in [2.75, 3.05) is 18.4 Å². The maximum Gasteiger partial charge on any atom is 0.255 e. The molecular weight excluding hydrogens is 366 g/mol. The minimum atomic E-state index is -0.151. The highest BCUT2D eigenvalue weighted by Crippen LogP contribution is 2.16. The van der Waals surface area contributed by atoms with E-state index in [1.54, 1.807) is 23.3 Å². The van der Waals surface area contributed by atoms with Crippen LogP contribution in [0.4, 0.5) is 5.69 Å². The van der Waals surface area contributed by atoms with Crippen LogP contribution in [-0.4, -0.2) is 50.6 Å². The number of pyridine rings is 1. The fraction of sp³-hybridized carbons (Fsp3) is 0.318. The van der Waals surface area contributed by atoms with Gasteiger partial charge in [-0.3, -0.25) is 14.3 Å². The summed E-state index contributed by atoms with van der Waals surface area (Å²) < 4.78 is 7.59. The van der Waals surface area contributed by atoms with Gasteiger partial charge in [0, 0.05) is 37.6 Å². The monoisotopic (exact) mass is 391 g/mol. The lowest BCUT2D eigenvalue weighted by molar-refractivity contribution is -0.0704. The number of imidazole rings is 1. The largest absolute Gasteiger partial charge is 0.373 e. The first-order valence-corrected chi connectivity index (χ1v) is 9.79. The van der Waals surface area contributed by atoms with Crippen LogP contribution in [0, 0.1) is 0 Å².